The number of piperazine rings is 1. The van der Waals surface area contributed by atoms with Crippen LogP contribution in [0.1, 0.15) is 12.8 Å². The molecule has 106 valence electrons. The maximum atomic E-state index is 11.3. The molecule has 0 bridgehead atoms. The van der Waals surface area contributed by atoms with Gasteiger partial charge >= 0.3 is 0 Å². The summed E-state index contributed by atoms with van der Waals surface area (Å²) in [6.45, 7) is 6.67. The van der Waals surface area contributed by atoms with Crippen LogP contribution in [0.3, 0.4) is 0 Å². The Morgan fingerprint density at radius 1 is 1.11 bits per heavy atom. The van der Waals surface area contributed by atoms with Gasteiger partial charge in [-0.1, -0.05) is 0 Å². The Hall–Kier alpha value is -0.170. The van der Waals surface area contributed by atoms with Gasteiger partial charge in [0.2, 0.25) is 0 Å². The van der Waals surface area contributed by atoms with Crippen LogP contribution in [0.25, 0.3) is 0 Å². The molecule has 1 N–H and O–H groups in total. The van der Waals surface area contributed by atoms with Crippen LogP contribution in [0, 0.1) is 0 Å². The van der Waals surface area contributed by atoms with Gasteiger partial charge in [-0.05, 0) is 19.9 Å². The van der Waals surface area contributed by atoms with Gasteiger partial charge in [-0.15, -0.1) is 0 Å². The number of rotatable bonds is 4. The average molecular weight is 275 g/mol. The fourth-order valence-electron chi connectivity index (χ4n) is 2.59. The van der Waals surface area contributed by atoms with Gasteiger partial charge in [0, 0.05) is 45.3 Å². The van der Waals surface area contributed by atoms with E-state index in [9.17, 15) is 8.42 Å². The summed E-state index contributed by atoms with van der Waals surface area (Å²) in [5.74, 6) is 0.721. The number of nitrogens with one attached hydrogen (secondary N) is 1. The molecule has 2 aliphatic rings. The number of hydrogen-bond donors (Lipinski definition) is 1. The van der Waals surface area contributed by atoms with Crippen LogP contribution in [-0.4, -0.2) is 82.1 Å². The molecule has 0 saturated carbocycles. The van der Waals surface area contributed by atoms with E-state index in [-0.39, 0.29) is 0 Å². The molecule has 0 aliphatic carbocycles. The second-order valence-corrected chi connectivity index (χ2v) is 7.83. The molecule has 0 aromatic carbocycles. The minimum absolute atomic E-state index is 0.360. The normalized spacial score (nSPS) is 27.4. The maximum Gasteiger partial charge on any atom is 0.150 e. The van der Waals surface area contributed by atoms with Crippen LogP contribution < -0.4 is 5.32 Å². The Morgan fingerprint density at radius 2 is 1.72 bits per heavy atom. The first-order valence-corrected chi connectivity index (χ1v) is 8.72. The molecule has 0 aromatic rings. The van der Waals surface area contributed by atoms with Crippen LogP contribution >= 0.6 is 0 Å². The molecule has 18 heavy (non-hydrogen) atoms. The van der Waals surface area contributed by atoms with Crippen LogP contribution in [0.5, 0.6) is 0 Å². The lowest BCUT2D eigenvalue weighted by atomic mass is 10.1. The summed E-state index contributed by atoms with van der Waals surface area (Å²) in [7, 11) is -0.559. The van der Waals surface area contributed by atoms with E-state index in [4.69, 9.17) is 0 Å². The van der Waals surface area contributed by atoms with Crippen LogP contribution in [0.2, 0.25) is 0 Å². The molecule has 5 nitrogen and oxygen atoms in total. The van der Waals surface area contributed by atoms with E-state index < -0.39 is 9.84 Å². The van der Waals surface area contributed by atoms with Crippen LogP contribution in [-0.2, 0) is 9.84 Å². The lowest BCUT2D eigenvalue weighted by Gasteiger charge is -2.33. The molecule has 2 rings (SSSR count). The molecule has 0 spiro atoms. The Morgan fingerprint density at radius 3 is 2.33 bits per heavy atom. The summed E-state index contributed by atoms with van der Waals surface area (Å²) in [5.41, 5.74) is 0. The first-order chi connectivity index (χ1) is 8.55. The smallest absolute Gasteiger partial charge is 0.150 e. The molecule has 2 aliphatic heterocycles. The monoisotopic (exact) mass is 275 g/mol. The molecule has 0 aromatic heterocycles. The Bertz CT molecular complexity index is 336. The van der Waals surface area contributed by atoms with Crippen molar-refractivity contribution in [2.75, 3.05) is 57.8 Å². The lowest BCUT2D eigenvalue weighted by Crippen LogP contribution is -2.48. The highest BCUT2D eigenvalue weighted by Crippen LogP contribution is 2.11. The molecule has 2 saturated heterocycles. The molecule has 0 radical (unpaired) electrons. The lowest BCUT2D eigenvalue weighted by molar-refractivity contribution is 0.153. The number of likely N-dealkylation sites (N-methyl/N-ethyl adjacent to an activating group) is 1. The summed E-state index contributed by atoms with van der Waals surface area (Å²) < 4.78 is 22.6. The first kappa shape index (κ1) is 14.2. The van der Waals surface area contributed by atoms with Gasteiger partial charge in [0.15, 0.2) is 0 Å². The third kappa shape index (κ3) is 4.50. The average Bonchev–Trinajstić information content (AvgIpc) is 2.34. The fourth-order valence-corrected chi connectivity index (χ4v) is 4.08. The SMILES string of the molecule is CN1CCN(CCNC2CCS(=O)(=O)CC2)CC1. The largest absolute Gasteiger partial charge is 0.313 e. The first-order valence-electron chi connectivity index (χ1n) is 6.90. The maximum absolute atomic E-state index is 11.3. The summed E-state index contributed by atoms with van der Waals surface area (Å²) in [4.78, 5) is 4.84. The third-order valence-corrected chi connectivity index (χ3v) is 5.73. The van der Waals surface area contributed by atoms with E-state index in [0.29, 0.717) is 17.5 Å². The van der Waals surface area contributed by atoms with Crippen molar-refractivity contribution in [1.29, 1.82) is 0 Å². The van der Waals surface area contributed by atoms with Crippen molar-refractivity contribution in [3.63, 3.8) is 0 Å². The summed E-state index contributed by atoms with van der Waals surface area (Å²) in [5, 5.41) is 3.50. The minimum atomic E-state index is -2.72. The Labute approximate surface area is 110 Å². The van der Waals surface area contributed by atoms with Gasteiger partial charge in [-0.25, -0.2) is 8.42 Å². The van der Waals surface area contributed by atoms with Crippen molar-refractivity contribution < 1.29 is 8.42 Å². The van der Waals surface area contributed by atoms with E-state index in [2.05, 4.69) is 22.2 Å². The van der Waals surface area contributed by atoms with Gasteiger partial charge in [-0.2, -0.15) is 0 Å². The second kappa shape index (κ2) is 6.32. The predicted molar refractivity (Wildman–Crippen MR) is 73.6 cm³/mol. The molecule has 2 heterocycles. The molecular weight excluding hydrogens is 250 g/mol. The topological polar surface area (TPSA) is 52.6 Å². The zero-order valence-corrected chi connectivity index (χ0v) is 12.1. The van der Waals surface area contributed by atoms with Crippen molar-refractivity contribution in [3.8, 4) is 0 Å². The van der Waals surface area contributed by atoms with Gasteiger partial charge in [0.05, 0.1) is 11.5 Å². The number of sulfone groups is 1. The number of hydrogen-bond acceptors (Lipinski definition) is 5. The highest BCUT2D eigenvalue weighted by Gasteiger charge is 2.23. The van der Waals surface area contributed by atoms with Gasteiger partial charge < -0.3 is 10.2 Å². The number of nitrogens with zero attached hydrogens (tertiary/aromatic N) is 2. The fraction of sp³-hybridized carbons (Fsp3) is 1.00. The molecular formula is C12H25N3O2S. The van der Waals surface area contributed by atoms with Crippen molar-refractivity contribution in [2.24, 2.45) is 0 Å². The van der Waals surface area contributed by atoms with E-state index in [1.165, 1.54) is 0 Å². The molecule has 6 heteroatoms. The van der Waals surface area contributed by atoms with Crippen LogP contribution in [0.4, 0.5) is 0 Å². The molecule has 0 amide bonds. The van der Waals surface area contributed by atoms with Crippen molar-refractivity contribution >= 4 is 9.84 Å². The zero-order chi connectivity index (χ0) is 13.0. The molecule has 0 unspecified atom stereocenters. The second-order valence-electron chi connectivity index (χ2n) is 5.53. The van der Waals surface area contributed by atoms with Gasteiger partial charge in [0.25, 0.3) is 0 Å². The van der Waals surface area contributed by atoms with Crippen LogP contribution in [0.15, 0.2) is 0 Å². The van der Waals surface area contributed by atoms with E-state index >= 15 is 0 Å². The highest BCUT2D eigenvalue weighted by molar-refractivity contribution is 7.91. The summed E-state index contributed by atoms with van der Waals surface area (Å²) >= 11 is 0. The van der Waals surface area contributed by atoms with Crippen molar-refractivity contribution in [2.45, 2.75) is 18.9 Å². The van der Waals surface area contributed by atoms with Crippen molar-refractivity contribution in [3.05, 3.63) is 0 Å². The summed E-state index contributed by atoms with van der Waals surface area (Å²) in [6, 6.07) is 0.404. The standard InChI is InChI=1S/C12H25N3O2S/c1-14-6-8-15(9-7-14)5-4-13-12-2-10-18(16,17)11-3-12/h12-13H,2-11H2,1H3. The minimum Gasteiger partial charge on any atom is -0.313 e. The third-order valence-electron chi connectivity index (χ3n) is 4.01. The quantitative estimate of drug-likeness (QED) is 0.742. The highest BCUT2D eigenvalue weighted by atomic mass is 32.2. The zero-order valence-electron chi connectivity index (χ0n) is 11.3. The van der Waals surface area contributed by atoms with Gasteiger partial charge in [-0.3, -0.25) is 4.90 Å². The van der Waals surface area contributed by atoms with E-state index in [1.54, 1.807) is 0 Å². The van der Waals surface area contributed by atoms with Gasteiger partial charge in [0.1, 0.15) is 9.84 Å². The molecule has 2 fully saturated rings. The Kier molecular flexibility index (Phi) is 5.00. The van der Waals surface area contributed by atoms with E-state index in [1.807, 2.05) is 0 Å². The Balaban J connectivity index is 1.59. The molecule has 0 atom stereocenters. The predicted octanol–water partition coefficient (Wildman–Crippen LogP) is -0.599. The van der Waals surface area contributed by atoms with Crippen molar-refractivity contribution in [1.82, 2.24) is 15.1 Å². The van der Waals surface area contributed by atoms with E-state index in [0.717, 1.165) is 52.1 Å². The summed E-state index contributed by atoms with van der Waals surface area (Å²) in [6.07, 6.45) is 1.57.